The number of aromatic nitrogens is 5. The molecule has 13 nitrogen and oxygen atoms in total. The molecule has 0 aliphatic rings. The van der Waals surface area contributed by atoms with Crippen molar-refractivity contribution in [3.63, 3.8) is 0 Å². The van der Waals surface area contributed by atoms with Gasteiger partial charge >= 0.3 is 23.4 Å². The smallest absolute Gasteiger partial charge is 0.293 e. The number of pyridine rings is 1. The predicted octanol–water partition coefficient (Wildman–Crippen LogP) is 9.66. The minimum Gasteiger partial charge on any atom is -0.293 e. The highest BCUT2D eigenvalue weighted by atomic mass is 35.5. The number of carbonyl (C=O) groups is 2. The number of hydrogen-bond donors (Lipinski definition) is 0. The lowest BCUT2D eigenvalue weighted by Crippen LogP contribution is -2.33. The summed E-state index contributed by atoms with van der Waals surface area (Å²) >= 11 is 24.3. The Morgan fingerprint density at radius 3 is 1.16 bits per heavy atom. The van der Waals surface area contributed by atoms with Crippen molar-refractivity contribution in [2.45, 2.75) is 33.2 Å². The van der Waals surface area contributed by atoms with Gasteiger partial charge in [-0.25, -0.2) is 22.8 Å². The van der Waals surface area contributed by atoms with Crippen molar-refractivity contribution in [3.05, 3.63) is 96.5 Å². The number of amides is 2. The molecule has 5 rings (SSSR count). The lowest BCUT2D eigenvalue weighted by molar-refractivity contribution is -0.138. The molecule has 2 unspecified atom stereocenters. The van der Waals surface area contributed by atoms with Gasteiger partial charge in [0.1, 0.15) is 44.7 Å². The Kier molecular flexibility index (Phi) is 13.6. The number of nitrogens with zero attached hydrogens (tertiary/aromatic N) is 9. The number of halogens is 16. The molecule has 31 heteroatoms. The fourth-order valence-corrected chi connectivity index (χ4v) is 8.54. The topological polar surface area (TPSA) is 171 Å². The van der Waals surface area contributed by atoms with Crippen molar-refractivity contribution >= 4 is 91.5 Å². The largest absolute Gasteiger partial charge is 0.476 e. The third-order valence-electron chi connectivity index (χ3n) is 8.18. The highest BCUT2D eigenvalue weighted by Crippen LogP contribution is 2.44. The Labute approximate surface area is 372 Å². The van der Waals surface area contributed by atoms with Gasteiger partial charge in [-0.1, -0.05) is 52.5 Å². The summed E-state index contributed by atoms with van der Waals surface area (Å²) in [5.74, 6) is -5.62. The molecule has 2 amide bonds. The number of benzene rings is 2. The van der Waals surface area contributed by atoms with E-state index in [2.05, 4.69) is 15.2 Å². The second kappa shape index (κ2) is 17.5. The molecule has 0 radical (unpaired) electrons. The van der Waals surface area contributed by atoms with E-state index in [1.165, 1.54) is 12.1 Å². The van der Waals surface area contributed by atoms with Gasteiger partial charge in [-0.3, -0.25) is 19.4 Å². The lowest BCUT2D eigenvalue weighted by atomic mass is 10.2. The van der Waals surface area contributed by atoms with E-state index in [4.69, 9.17) is 46.4 Å². The van der Waals surface area contributed by atoms with E-state index >= 15 is 0 Å². The van der Waals surface area contributed by atoms with E-state index in [0.29, 0.717) is 14.1 Å². The molecular formula is C33H13Cl4F12N9O4S2. The summed E-state index contributed by atoms with van der Waals surface area (Å²) in [6.45, 7) is 0. The van der Waals surface area contributed by atoms with Crippen molar-refractivity contribution in [1.82, 2.24) is 24.5 Å². The van der Waals surface area contributed by atoms with Crippen LogP contribution in [0.2, 0.25) is 20.1 Å². The van der Waals surface area contributed by atoms with Crippen LogP contribution in [0.4, 0.5) is 64.3 Å². The summed E-state index contributed by atoms with van der Waals surface area (Å²) in [7, 11) is -7.14. The molecule has 0 N–H and O–H groups in total. The second-order valence-electron chi connectivity index (χ2n) is 12.2. The van der Waals surface area contributed by atoms with Crippen LogP contribution in [0.15, 0.2) is 52.3 Å². The molecule has 3 aromatic heterocycles. The third kappa shape index (κ3) is 9.36. The molecule has 0 saturated heterocycles. The average molecular weight is 1030 g/mol. The number of nitriles is 2. The van der Waals surface area contributed by atoms with Crippen LogP contribution in [-0.2, 0) is 34.0 Å². The monoisotopic (exact) mass is 1030 g/mol. The Hall–Kier alpha value is -5.45. The van der Waals surface area contributed by atoms with Crippen molar-refractivity contribution in [2.24, 2.45) is 0 Å². The van der Waals surface area contributed by atoms with Crippen molar-refractivity contribution < 1.29 is 70.7 Å². The average Bonchev–Trinajstić information content (AvgIpc) is 3.75. The molecule has 64 heavy (non-hydrogen) atoms. The summed E-state index contributed by atoms with van der Waals surface area (Å²) in [4.78, 5) is 29.2. The molecule has 0 aliphatic heterocycles. The number of rotatable bonds is 8. The van der Waals surface area contributed by atoms with Gasteiger partial charge in [-0.2, -0.15) is 73.4 Å². The van der Waals surface area contributed by atoms with Crippen LogP contribution in [0.3, 0.4) is 0 Å². The number of carbonyl (C=O) groups excluding carboxylic acids is 2. The molecule has 338 valence electrons. The molecule has 5 aromatic rings. The molecule has 0 bridgehead atoms. The normalized spacial score (nSPS) is 13.2. The first kappa shape index (κ1) is 49.6. The number of anilines is 2. The van der Waals surface area contributed by atoms with Crippen molar-refractivity contribution in [2.75, 3.05) is 23.9 Å². The lowest BCUT2D eigenvalue weighted by Gasteiger charge is -2.23. The minimum absolute atomic E-state index is 0.199. The van der Waals surface area contributed by atoms with Gasteiger partial charge in [-0.15, -0.1) is 0 Å². The highest BCUT2D eigenvalue weighted by Gasteiger charge is 2.46. The van der Waals surface area contributed by atoms with Crippen LogP contribution < -0.4 is 9.80 Å². The van der Waals surface area contributed by atoms with E-state index in [-0.39, 0.29) is 43.4 Å². The Balaban J connectivity index is 1.70. The summed E-state index contributed by atoms with van der Waals surface area (Å²) in [5, 5.41) is 22.7. The van der Waals surface area contributed by atoms with Gasteiger partial charge < -0.3 is 0 Å². The third-order valence-corrected chi connectivity index (χ3v) is 11.7. The van der Waals surface area contributed by atoms with Crippen molar-refractivity contribution in [3.8, 4) is 23.5 Å². The maximum Gasteiger partial charge on any atom is 0.476 e. The zero-order chi connectivity index (χ0) is 48.3. The zero-order valence-corrected chi connectivity index (χ0v) is 35.2. The highest BCUT2D eigenvalue weighted by molar-refractivity contribution is 7.86. The first-order chi connectivity index (χ1) is 29.4. The second-order valence-corrected chi connectivity index (χ2v) is 16.6. The van der Waals surface area contributed by atoms with Gasteiger partial charge in [0, 0.05) is 14.1 Å². The Bertz CT molecular complexity index is 2670. The van der Waals surface area contributed by atoms with E-state index < -0.39 is 144 Å². The minimum atomic E-state index is -5.69. The van der Waals surface area contributed by atoms with Crippen LogP contribution in [-0.4, -0.2) is 69.9 Å². The van der Waals surface area contributed by atoms with Gasteiger partial charge in [0.25, 0.3) is 11.8 Å². The fraction of sp³-hybridized carbons (Fsp3) is 0.182. The molecule has 3 heterocycles. The first-order valence-electron chi connectivity index (χ1n) is 16.1. The van der Waals surface area contributed by atoms with Gasteiger partial charge in [0.2, 0.25) is 0 Å². The summed E-state index contributed by atoms with van der Waals surface area (Å²) < 4.78 is 191. The Morgan fingerprint density at radius 2 is 0.906 bits per heavy atom. The molecular weight excluding hydrogens is 1020 g/mol. The van der Waals surface area contributed by atoms with E-state index in [1.807, 2.05) is 0 Å². The molecule has 0 fully saturated rings. The maximum atomic E-state index is 14.0. The molecule has 0 aliphatic carbocycles. The predicted molar refractivity (Wildman–Crippen MR) is 201 cm³/mol. The number of alkyl halides is 12. The van der Waals surface area contributed by atoms with Crippen LogP contribution in [0, 0.1) is 22.7 Å². The van der Waals surface area contributed by atoms with Crippen LogP contribution in [0.5, 0.6) is 0 Å². The van der Waals surface area contributed by atoms with Crippen LogP contribution in [0.25, 0.3) is 11.4 Å². The molecule has 2 aromatic carbocycles. The van der Waals surface area contributed by atoms with E-state index in [1.54, 1.807) is 0 Å². The van der Waals surface area contributed by atoms with Gasteiger partial charge in [0.15, 0.2) is 44.6 Å². The number of hydrogen-bond acceptors (Lipinski definition) is 9. The quantitative estimate of drug-likeness (QED) is 0.137. The summed E-state index contributed by atoms with van der Waals surface area (Å²) in [6, 6.07) is 5.95. The zero-order valence-electron chi connectivity index (χ0n) is 30.6. The summed E-state index contributed by atoms with van der Waals surface area (Å²) in [6.07, 6.45) is -10.2. The van der Waals surface area contributed by atoms with Crippen molar-refractivity contribution in [1.29, 1.82) is 10.5 Å². The standard InChI is InChI=1S/C33H13Cl4F12N9O4S2/c1-55(26-24(63(61)32(44,45)46)20(10-50)53-57(26)22-14(34)6-12(7-15(22)35)30(38,39)40)28(59)18-4-3-5-19(52-18)29(60)56(2)27-25(64(62)33(47,48)49)21(11-51)54-58(27)23-16(36)8-13(9-17(23)37)31(41,42)43/h3-9H,1-2H3. The van der Waals surface area contributed by atoms with E-state index in [9.17, 15) is 81.2 Å². The molecule has 0 saturated carbocycles. The fourth-order valence-electron chi connectivity index (χ4n) is 5.48. The molecule has 0 spiro atoms. The van der Waals surface area contributed by atoms with Crippen LogP contribution >= 0.6 is 46.4 Å². The van der Waals surface area contributed by atoms with Gasteiger partial charge in [0.05, 0.1) is 31.2 Å². The van der Waals surface area contributed by atoms with Gasteiger partial charge in [-0.05, 0) is 36.4 Å². The summed E-state index contributed by atoms with van der Waals surface area (Å²) in [5.41, 5.74) is -20.5. The maximum absolute atomic E-state index is 14.0. The van der Waals surface area contributed by atoms with E-state index in [0.717, 1.165) is 18.2 Å². The molecule has 2 atom stereocenters. The Morgan fingerprint density at radius 1 is 0.609 bits per heavy atom. The first-order valence-corrected chi connectivity index (χ1v) is 19.9. The SMILES string of the molecule is CN(C(=O)c1cccc(C(=O)N(C)c2c(S(=O)C(F)(F)F)c(C#N)nn2-c2c(Cl)cc(C(F)(F)F)cc2Cl)n1)c1c(S(=O)C(F)(F)F)c(C#N)nn1-c1c(Cl)cc(C(F)(F)F)cc1Cl. The van der Waals surface area contributed by atoms with Crippen LogP contribution in [0.1, 0.15) is 43.5 Å².